The van der Waals surface area contributed by atoms with Crippen molar-refractivity contribution in [2.45, 2.75) is 88.7 Å². The molecular formula is C21H23F7O6. The SMILES string of the molecule is CCC1(OC(=O)C2(C(F)(F)F)C3CC4C(OC(=O)C42C(F)(F)F)C3OC(=O)C(C)F)CCCC1. The third-order valence-corrected chi connectivity index (χ3v) is 8.19. The fraction of sp³-hybridized carbons (Fsp3) is 0.857. The van der Waals surface area contributed by atoms with E-state index in [1.54, 1.807) is 0 Å². The van der Waals surface area contributed by atoms with Gasteiger partial charge in [-0.2, -0.15) is 26.3 Å². The van der Waals surface area contributed by atoms with Crippen LogP contribution in [0.25, 0.3) is 0 Å². The fourth-order valence-electron chi connectivity index (χ4n) is 6.72. The van der Waals surface area contributed by atoms with Gasteiger partial charge in [0.2, 0.25) is 0 Å². The molecule has 4 rings (SSSR count). The second kappa shape index (κ2) is 7.46. The Morgan fingerprint density at radius 3 is 2.15 bits per heavy atom. The number of hydrogen-bond donors (Lipinski definition) is 0. The Kier molecular flexibility index (Phi) is 5.49. The highest BCUT2D eigenvalue weighted by molar-refractivity contribution is 5.94. The molecule has 0 aromatic carbocycles. The molecule has 3 saturated carbocycles. The summed E-state index contributed by atoms with van der Waals surface area (Å²) in [6.45, 7) is 2.26. The zero-order valence-electron chi connectivity index (χ0n) is 18.2. The normalized spacial score (nSPS) is 39.1. The number of esters is 3. The van der Waals surface area contributed by atoms with Crippen LogP contribution in [0.5, 0.6) is 0 Å². The molecule has 1 heterocycles. The van der Waals surface area contributed by atoms with Crippen LogP contribution in [0, 0.1) is 22.7 Å². The molecule has 0 spiro atoms. The topological polar surface area (TPSA) is 78.9 Å². The number of carbonyl (C=O) groups is 3. The summed E-state index contributed by atoms with van der Waals surface area (Å²) < 4.78 is 117. The van der Waals surface area contributed by atoms with Crippen molar-refractivity contribution in [3.05, 3.63) is 0 Å². The van der Waals surface area contributed by atoms with Crippen LogP contribution in [0.4, 0.5) is 30.7 Å². The van der Waals surface area contributed by atoms with E-state index in [4.69, 9.17) is 14.2 Å². The van der Waals surface area contributed by atoms with E-state index in [1.165, 1.54) is 6.92 Å². The van der Waals surface area contributed by atoms with Crippen molar-refractivity contribution in [1.82, 2.24) is 0 Å². The van der Waals surface area contributed by atoms with Crippen LogP contribution in [0.3, 0.4) is 0 Å². The second-order valence-corrected chi connectivity index (χ2v) is 9.58. The summed E-state index contributed by atoms with van der Waals surface area (Å²) in [5.41, 5.74) is -10.1. The number of fused-ring (bicyclic) bond motifs is 1. The Labute approximate surface area is 189 Å². The summed E-state index contributed by atoms with van der Waals surface area (Å²) in [4.78, 5) is 38.0. The monoisotopic (exact) mass is 504 g/mol. The quantitative estimate of drug-likeness (QED) is 0.318. The number of carbonyl (C=O) groups excluding carboxylic acids is 3. The third-order valence-electron chi connectivity index (χ3n) is 8.19. The van der Waals surface area contributed by atoms with E-state index in [0.717, 1.165) is 6.92 Å². The van der Waals surface area contributed by atoms with Gasteiger partial charge in [-0.25, -0.2) is 9.18 Å². The predicted octanol–water partition coefficient (Wildman–Crippen LogP) is 4.19. The van der Waals surface area contributed by atoms with Crippen molar-refractivity contribution >= 4 is 17.9 Å². The lowest BCUT2D eigenvalue weighted by atomic mass is 9.54. The molecule has 0 N–H and O–H groups in total. The molecule has 0 radical (unpaired) electrons. The van der Waals surface area contributed by atoms with Gasteiger partial charge in [0.1, 0.15) is 17.8 Å². The van der Waals surface area contributed by atoms with E-state index in [1.807, 2.05) is 0 Å². The molecule has 2 bridgehead atoms. The molecule has 13 heteroatoms. The molecule has 7 atom stereocenters. The van der Waals surface area contributed by atoms with Crippen molar-refractivity contribution in [3.8, 4) is 0 Å². The molecule has 4 fully saturated rings. The van der Waals surface area contributed by atoms with E-state index in [0.29, 0.717) is 12.8 Å². The van der Waals surface area contributed by atoms with E-state index in [2.05, 4.69) is 0 Å². The molecule has 3 aliphatic carbocycles. The van der Waals surface area contributed by atoms with Crippen LogP contribution in [0.15, 0.2) is 0 Å². The van der Waals surface area contributed by atoms with Crippen LogP contribution >= 0.6 is 0 Å². The van der Waals surface area contributed by atoms with Gasteiger partial charge in [0.25, 0.3) is 0 Å². The van der Waals surface area contributed by atoms with Gasteiger partial charge in [-0.3, -0.25) is 9.59 Å². The fourth-order valence-corrected chi connectivity index (χ4v) is 6.72. The van der Waals surface area contributed by atoms with Crippen molar-refractivity contribution < 1.29 is 59.3 Å². The molecule has 192 valence electrons. The number of rotatable bonds is 5. The lowest BCUT2D eigenvalue weighted by molar-refractivity contribution is -0.341. The molecule has 4 aliphatic rings. The smallest absolute Gasteiger partial charge is 0.406 e. The van der Waals surface area contributed by atoms with Crippen molar-refractivity contribution in [1.29, 1.82) is 0 Å². The van der Waals surface area contributed by atoms with E-state index in [-0.39, 0.29) is 19.3 Å². The number of alkyl halides is 7. The van der Waals surface area contributed by atoms with Crippen LogP contribution in [-0.2, 0) is 28.6 Å². The highest BCUT2D eigenvalue weighted by Crippen LogP contribution is 2.79. The predicted molar refractivity (Wildman–Crippen MR) is 96.5 cm³/mol. The molecule has 6 nitrogen and oxygen atoms in total. The molecular weight excluding hydrogens is 481 g/mol. The largest absolute Gasteiger partial charge is 0.458 e. The van der Waals surface area contributed by atoms with Crippen LogP contribution in [0.2, 0.25) is 0 Å². The third kappa shape index (κ3) is 2.84. The first-order valence-electron chi connectivity index (χ1n) is 11.0. The van der Waals surface area contributed by atoms with Crippen LogP contribution < -0.4 is 0 Å². The molecule has 0 aromatic heterocycles. The zero-order valence-corrected chi connectivity index (χ0v) is 18.2. The summed E-state index contributed by atoms with van der Waals surface area (Å²) in [6.07, 6.45) is -17.7. The van der Waals surface area contributed by atoms with Gasteiger partial charge in [-0.1, -0.05) is 6.92 Å². The standard InChI is InChI=1S/C21H23F7O6/c1-3-17(6-4-5-7-17)34-16(31)19(21(26,27)28)10-8-11-13(12(10)32-14(29)9(2)22)33-15(30)18(11,19)20(23,24)25/h9-13H,3-8H2,1-2H3. The van der Waals surface area contributed by atoms with E-state index >= 15 is 0 Å². The maximum atomic E-state index is 14.9. The summed E-state index contributed by atoms with van der Waals surface area (Å²) in [7, 11) is 0. The molecule has 7 unspecified atom stereocenters. The Hall–Kier alpha value is -2.08. The van der Waals surface area contributed by atoms with Gasteiger partial charge in [0.15, 0.2) is 17.0 Å². The minimum atomic E-state index is -5.94. The van der Waals surface area contributed by atoms with Crippen molar-refractivity contribution in [2.24, 2.45) is 22.7 Å². The number of ether oxygens (including phenoxy) is 3. The Morgan fingerprint density at radius 1 is 1.09 bits per heavy atom. The average Bonchev–Trinajstić information content (AvgIpc) is 3.42. The van der Waals surface area contributed by atoms with Crippen LogP contribution in [-0.4, -0.2) is 54.2 Å². The Morgan fingerprint density at radius 2 is 1.68 bits per heavy atom. The first kappa shape index (κ1) is 25.0. The minimum absolute atomic E-state index is 0.0602. The maximum absolute atomic E-state index is 14.9. The first-order valence-corrected chi connectivity index (χ1v) is 11.0. The molecule has 1 saturated heterocycles. The summed E-state index contributed by atoms with van der Waals surface area (Å²) >= 11 is 0. The summed E-state index contributed by atoms with van der Waals surface area (Å²) in [6, 6.07) is 0. The highest BCUT2D eigenvalue weighted by Gasteiger charge is 2.98. The van der Waals surface area contributed by atoms with Crippen molar-refractivity contribution in [2.75, 3.05) is 0 Å². The molecule has 0 aromatic rings. The summed E-state index contributed by atoms with van der Waals surface area (Å²) in [5.74, 6) is -10.6. The van der Waals surface area contributed by atoms with E-state index < -0.39 is 83.3 Å². The average molecular weight is 504 g/mol. The molecule has 1 aliphatic heterocycles. The Bertz CT molecular complexity index is 893. The minimum Gasteiger partial charge on any atom is -0.458 e. The van der Waals surface area contributed by atoms with Gasteiger partial charge >= 0.3 is 30.3 Å². The maximum Gasteiger partial charge on any atom is 0.406 e. The molecule has 0 amide bonds. The van der Waals surface area contributed by atoms with Crippen molar-refractivity contribution in [3.63, 3.8) is 0 Å². The first-order chi connectivity index (χ1) is 15.6. The lowest BCUT2D eigenvalue weighted by Gasteiger charge is -2.49. The van der Waals surface area contributed by atoms with Crippen LogP contribution in [0.1, 0.15) is 52.4 Å². The highest BCUT2D eigenvalue weighted by atomic mass is 19.4. The van der Waals surface area contributed by atoms with E-state index in [9.17, 15) is 45.1 Å². The Balaban J connectivity index is 1.92. The van der Waals surface area contributed by atoms with Gasteiger partial charge in [0.05, 0.1) is 0 Å². The number of halogens is 7. The second-order valence-electron chi connectivity index (χ2n) is 9.58. The number of hydrogen-bond acceptors (Lipinski definition) is 6. The lowest BCUT2D eigenvalue weighted by Crippen LogP contribution is -2.70. The van der Waals surface area contributed by atoms with Gasteiger partial charge < -0.3 is 14.2 Å². The zero-order chi connectivity index (χ0) is 25.5. The summed E-state index contributed by atoms with van der Waals surface area (Å²) in [5, 5.41) is 0. The molecule has 34 heavy (non-hydrogen) atoms. The van der Waals surface area contributed by atoms with Gasteiger partial charge in [0, 0.05) is 11.8 Å². The van der Waals surface area contributed by atoms with Gasteiger partial charge in [-0.15, -0.1) is 0 Å². The van der Waals surface area contributed by atoms with Gasteiger partial charge in [-0.05, 0) is 45.4 Å².